The number of carboxylic acid groups (broad SMARTS) is 1. The zero-order valence-electron chi connectivity index (χ0n) is 7.94. The second kappa shape index (κ2) is 12.0. The fourth-order valence-electron chi connectivity index (χ4n) is 0.604. The minimum atomic E-state index is -0.915. The summed E-state index contributed by atoms with van der Waals surface area (Å²) in [5, 5.41) is 8.71. The molecule has 0 fully saturated rings. The van der Waals surface area contributed by atoms with E-state index in [-0.39, 0.29) is 36.2 Å². The van der Waals surface area contributed by atoms with Gasteiger partial charge in [0.25, 0.3) is 0 Å². The van der Waals surface area contributed by atoms with E-state index in [0.717, 1.165) is 5.02 Å². The SMILES string of the molecule is CCOCC(=O)O.Clc1ccccc1.[NaH]. The predicted molar refractivity (Wildman–Crippen MR) is 62.7 cm³/mol. The van der Waals surface area contributed by atoms with Crippen LogP contribution in [0.25, 0.3) is 0 Å². The average molecular weight is 241 g/mol. The van der Waals surface area contributed by atoms with Crippen LogP contribution in [-0.4, -0.2) is 53.8 Å². The van der Waals surface area contributed by atoms with Crippen LogP contribution in [-0.2, 0) is 9.53 Å². The second-order valence-electron chi connectivity index (χ2n) is 2.33. The topological polar surface area (TPSA) is 46.5 Å². The number of carbonyl (C=O) groups is 1. The predicted octanol–water partition coefficient (Wildman–Crippen LogP) is 1.80. The van der Waals surface area contributed by atoms with Crippen LogP contribution >= 0.6 is 11.6 Å². The molecular formula is C10H14ClNaO3. The maximum atomic E-state index is 9.63. The molecule has 80 valence electrons. The van der Waals surface area contributed by atoms with E-state index in [9.17, 15) is 4.79 Å². The van der Waals surface area contributed by atoms with E-state index >= 15 is 0 Å². The Kier molecular flexibility index (Phi) is 13.9. The van der Waals surface area contributed by atoms with Crippen molar-refractivity contribution in [2.45, 2.75) is 6.92 Å². The van der Waals surface area contributed by atoms with Gasteiger partial charge in [0.15, 0.2) is 0 Å². The normalized spacial score (nSPS) is 8.13. The fraction of sp³-hybridized carbons (Fsp3) is 0.300. The van der Waals surface area contributed by atoms with Crippen LogP contribution in [0.4, 0.5) is 0 Å². The molecule has 0 saturated heterocycles. The molecule has 0 aliphatic rings. The van der Waals surface area contributed by atoms with Crippen molar-refractivity contribution in [1.29, 1.82) is 0 Å². The van der Waals surface area contributed by atoms with E-state index in [1.54, 1.807) is 6.92 Å². The van der Waals surface area contributed by atoms with Gasteiger partial charge < -0.3 is 9.84 Å². The summed E-state index contributed by atoms with van der Waals surface area (Å²) in [6.07, 6.45) is 0. The number of hydrogen-bond donors (Lipinski definition) is 1. The van der Waals surface area contributed by atoms with E-state index in [4.69, 9.17) is 16.7 Å². The van der Waals surface area contributed by atoms with Crippen molar-refractivity contribution in [3.63, 3.8) is 0 Å². The van der Waals surface area contributed by atoms with E-state index in [1.807, 2.05) is 30.3 Å². The number of benzene rings is 1. The molecule has 1 rings (SSSR count). The van der Waals surface area contributed by atoms with Gasteiger partial charge in [0.1, 0.15) is 6.61 Å². The monoisotopic (exact) mass is 240 g/mol. The third kappa shape index (κ3) is 13.9. The van der Waals surface area contributed by atoms with E-state index in [0.29, 0.717) is 6.61 Å². The molecule has 0 bridgehead atoms. The molecule has 1 aromatic rings. The molecule has 0 radical (unpaired) electrons. The maximum absolute atomic E-state index is 9.63. The van der Waals surface area contributed by atoms with Crippen molar-refractivity contribution >= 4 is 47.1 Å². The Bertz CT molecular complexity index is 254. The first kappa shape index (κ1) is 17.3. The molecular weight excluding hydrogens is 227 g/mol. The number of carboxylic acids is 1. The molecule has 3 nitrogen and oxygen atoms in total. The number of hydrogen-bond acceptors (Lipinski definition) is 2. The van der Waals surface area contributed by atoms with Crippen molar-refractivity contribution in [2.75, 3.05) is 13.2 Å². The Morgan fingerprint density at radius 1 is 1.40 bits per heavy atom. The molecule has 0 heterocycles. The molecule has 0 aliphatic heterocycles. The summed E-state index contributed by atoms with van der Waals surface area (Å²) in [5.41, 5.74) is 0. The number of halogens is 1. The molecule has 0 atom stereocenters. The van der Waals surface area contributed by atoms with Crippen molar-refractivity contribution in [2.24, 2.45) is 0 Å². The van der Waals surface area contributed by atoms with Crippen molar-refractivity contribution in [3.05, 3.63) is 35.4 Å². The first-order chi connectivity index (χ1) is 6.66. The zero-order valence-corrected chi connectivity index (χ0v) is 8.70. The third-order valence-electron chi connectivity index (χ3n) is 1.16. The standard InChI is InChI=1S/C6H5Cl.C4H8O3.Na.H/c7-6-4-2-1-3-5-6;1-2-7-3-4(5)6;;/h1-5H;2-3H2,1H3,(H,5,6);;. The fourth-order valence-corrected chi connectivity index (χ4v) is 0.750. The van der Waals surface area contributed by atoms with Crippen LogP contribution in [0, 0.1) is 0 Å². The van der Waals surface area contributed by atoms with Gasteiger partial charge >= 0.3 is 35.5 Å². The summed E-state index contributed by atoms with van der Waals surface area (Å²) in [5.74, 6) is -0.915. The Morgan fingerprint density at radius 3 is 2.13 bits per heavy atom. The van der Waals surface area contributed by atoms with Gasteiger partial charge in [-0.3, -0.25) is 0 Å². The molecule has 0 spiro atoms. The molecule has 1 aromatic carbocycles. The molecule has 5 heteroatoms. The Balaban J connectivity index is 0. The van der Waals surface area contributed by atoms with Gasteiger partial charge in [-0.1, -0.05) is 29.8 Å². The second-order valence-corrected chi connectivity index (χ2v) is 2.76. The molecule has 15 heavy (non-hydrogen) atoms. The molecule has 0 saturated carbocycles. The summed E-state index contributed by atoms with van der Waals surface area (Å²) in [6, 6.07) is 9.44. The molecule has 0 aliphatic carbocycles. The van der Waals surface area contributed by atoms with Crippen LogP contribution in [0.1, 0.15) is 6.92 Å². The van der Waals surface area contributed by atoms with Crippen molar-refractivity contribution in [3.8, 4) is 0 Å². The van der Waals surface area contributed by atoms with Crippen LogP contribution < -0.4 is 0 Å². The van der Waals surface area contributed by atoms with Gasteiger partial charge in [0.05, 0.1) is 0 Å². The Morgan fingerprint density at radius 2 is 1.93 bits per heavy atom. The van der Waals surface area contributed by atoms with Crippen molar-refractivity contribution < 1.29 is 14.6 Å². The number of ether oxygens (including phenoxy) is 1. The van der Waals surface area contributed by atoms with Crippen LogP contribution in [0.2, 0.25) is 5.02 Å². The molecule has 0 amide bonds. The third-order valence-corrected chi connectivity index (χ3v) is 1.41. The van der Waals surface area contributed by atoms with E-state index in [2.05, 4.69) is 4.74 Å². The van der Waals surface area contributed by atoms with Gasteiger partial charge in [-0.15, -0.1) is 0 Å². The van der Waals surface area contributed by atoms with Gasteiger partial charge in [-0.25, -0.2) is 4.79 Å². The first-order valence-electron chi connectivity index (χ1n) is 4.17. The van der Waals surface area contributed by atoms with Crippen molar-refractivity contribution in [1.82, 2.24) is 0 Å². The first-order valence-corrected chi connectivity index (χ1v) is 4.54. The van der Waals surface area contributed by atoms with Crippen LogP contribution in [0.3, 0.4) is 0 Å². The number of rotatable bonds is 3. The van der Waals surface area contributed by atoms with Gasteiger partial charge in [0.2, 0.25) is 0 Å². The quantitative estimate of drug-likeness (QED) is 0.820. The van der Waals surface area contributed by atoms with Gasteiger partial charge in [0, 0.05) is 11.6 Å². The average Bonchev–Trinajstić information content (AvgIpc) is 2.17. The molecule has 1 N–H and O–H groups in total. The summed E-state index contributed by atoms with van der Waals surface area (Å²) in [4.78, 5) is 9.63. The zero-order chi connectivity index (χ0) is 10.8. The van der Waals surface area contributed by atoms with Crippen LogP contribution in [0.5, 0.6) is 0 Å². The number of aliphatic carboxylic acids is 1. The summed E-state index contributed by atoms with van der Waals surface area (Å²) in [6.45, 7) is 2.03. The Hall–Kier alpha value is -0.0600. The molecule has 0 aromatic heterocycles. The molecule has 0 unspecified atom stereocenters. The summed E-state index contributed by atoms with van der Waals surface area (Å²) < 4.78 is 4.50. The summed E-state index contributed by atoms with van der Waals surface area (Å²) >= 11 is 5.54. The summed E-state index contributed by atoms with van der Waals surface area (Å²) in [7, 11) is 0. The van der Waals surface area contributed by atoms with Gasteiger partial charge in [-0.2, -0.15) is 0 Å². The van der Waals surface area contributed by atoms with Gasteiger partial charge in [-0.05, 0) is 19.1 Å². The van der Waals surface area contributed by atoms with Crippen LogP contribution in [0.15, 0.2) is 30.3 Å². The van der Waals surface area contributed by atoms with E-state index < -0.39 is 5.97 Å². The van der Waals surface area contributed by atoms with E-state index in [1.165, 1.54) is 0 Å². The minimum absolute atomic E-state index is 0. The Labute approximate surface area is 117 Å².